The number of hydrogen-bond donors (Lipinski definition) is 2. The maximum atomic E-state index is 14.6. The summed E-state index contributed by atoms with van der Waals surface area (Å²) in [6, 6.07) is 3.64. The predicted molar refractivity (Wildman–Crippen MR) is 93.4 cm³/mol. The van der Waals surface area contributed by atoms with Gasteiger partial charge < -0.3 is 10.6 Å². The minimum atomic E-state index is -0.280. The van der Waals surface area contributed by atoms with Gasteiger partial charge in [-0.1, -0.05) is 26.3 Å². The second kappa shape index (κ2) is 7.18. The van der Waals surface area contributed by atoms with Crippen molar-refractivity contribution in [2.75, 3.05) is 11.9 Å². The third-order valence-corrected chi connectivity index (χ3v) is 5.05. The molecule has 3 rings (SSSR count). The van der Waals surface area contributed by atoms with E-state index in [0.717, 1.165) is 43.4 Å². The Morgan fingerprint density at radius 2 is 2.13 bits per heavy atom. The van der Waals surface area contributed by atoms with Crippen LogP contribution < -0.4 is 10.6 Å². The average Bonchev–Trinajstić information content (AvgIpc) is 2.46. The first-order valence-electron chi connectivity index (χ1n) is 8.34. The largest absolute Gasteiger partial charge is 0.323 e. The van der Waals surface area contributed by atoms with E-state index in [1.807, 2.05) is 6.07 Å². The van der Waals surface area contributed by atoms with E-state index in [9.17, 15) is 9.18 Å². The van der Waals surface area contributed by atoms with Crippen LogP contribution in [-0.4, -0.2) is 12.5 Å². The van der Waals surface area contributed by atoms with Gasteiger partial charge in [0.25, 0.3) is 0 Å². The number of anilines is 1. The molecule has 1 fully saturated rings. The van der Waals surface area contributed by atoms with Crippen LogP contribution in [0.25, 0.3) is 0 Å². The van der Waals surface area contributed by atoms with Crippen LogP contribution in [0.2, 0.25) is 0 Å². The van der Waals surface area contributed by atoms with Crippen molar-refractivity contribution in [3.8, 4) is 0 Å². The molecular formula is C18H26ClFN2O. The van der Waals surface area contributed by atoms with E-state index >= 15 is 0 Å². The van der Waals surface area contributed by atoms with Gasteiger partial charge in [0.2, 0.25) is 5.91 Å². The molecule has 1 saturated carbocycles. The lowest BCUT2D eigenvalue weighted by Crippen LogP contribution is -2.43. The molecule has 0 bridgehead atoms. The summed E-state index contributed by atoms with van der Waals surface area (Å²) in [5.74, 6) is 0.233. The second-order valence-electron chi connectivity index (χ2n) is 7.18. The molecule has 2 N–H and O–H groups in total. The number of rotatable bonds is 4. The third kappa shape index (κ3) is 3.53. The van der Waals surface area contributed by atoms with Crippen LogP contribution in [0.3, 0.4) is 0 Å². The quantitative estimate of drug-likeness (QED) is 0.868. The lowest BCUT2D eigenvalue weighted by atomic mass is 9.64. The molecule has 5 heteroatoms. The fourth-order valence-electron chi connectivity index (χ4n) is 3.79. The molecule has 1 amide bonds. The molecule has 128 valence electrons. The average molecular weight is 341 g/mol. The van der Waals surface area contributed by atoms with Crippen LogP contribution in [0.5, 0.6) is 0 Å². The zero-order valence-corrected chi connectivity index (χ0v) is 14.7. The predicted octanol–water partition coefficient (Wildman–Crippen LogP) is 4.05. The summed E-state index contributed by atoms with van der Waals surface area (Å²) in [5, 5.41) is 6.11. The van der Waals surface area contributed by atoms with E-state index in [1.165, 1.54) is 0 Å². The van der Waals surface area contributed by atoms with Crippen molar-refractivity contribution in [2.45, 2.75) is 52.5 Å². The number of nitrogens with one attached hydrogen (secondary N) is 2. The van der Waals surface area contributed by atoms with E-state index in [4.69, 9.17) is 0 Å². The van der Waals surface area contributed by atoms with Crippen LogP contribution in [0, 0.1) is 17.2 Å². The van der Waals surface area contributed by atoms with Crippen molar-refractivity contribution < 1.29 is 9.18 Å². The molecule has 1 heterocycles. The Hall–Kier alpha value is -1.13. The molecule has 0 saturated heterocycles. The van der Waals surface area contributed by atoms with Gasteiger partial charge in [0.15, 0.2) is 0 Å². The van der Waals surface area contributed by atoms with Gasteiger partial charge in [0.1, 0.15) is 5.82 Å². The van der Waals surface area contributed by atoms with Crippen LogP contribution in [0.15, 0.2) is 12.1 Å². The number of hydrogen-bond acceptors (Lipinski definition) is 2. The Labute approximate surface area is 143 Å². The SMILES string of the molecule is CC(C)CC1(C(=O)Nc2ccc3c(c2F)CCNC3)CCC1.Cl. The molecule has 0 spiro atoms. The number of amides is 1. The van der Waals surface area contributed by atoms with Gasteiger partial charge in [0, 0.05) is 12.0 Å². The fourth-order valence-corrected chi connectivity index (χ4v) is 3.79. The molecule has 0 radical (unpaired) electrons. The van der Waals surface area contributed by atoms with Crippen LogP contribution in [0.1, 0.15) is 50.7 Å². The molecule has 2 aliphatic rings. The van der Waals surface area contributed by atoms with E-state index in [-0.39, 0.29) is 29.5 Å². The van der Waals surface area contributed by atoms with Crippen LogP contribution >= 0.6 is 12.4 Å². The molecule has 0 atom stereocenters. The molecule has 1 aromatic rings. The molecule has 23 heavy (non-hydrogen) atoms. The molecule has 1 aliphatic carbocycles. The first kappa shape index (κ1) is 18.2. The van der Waals surface area contributed by atoms with Gasteiger partial charge in [0.05, 0.1) is 5.69 Å². The summed E-state index contributed by atoms with van der Waals surface area (Å²) >= 11 is 0. The van der Waals surface area contributed by atoms with Crippen molar-refractivity contribution >= 4 is 24.0 Å². The monoisotopic (exact) mass is 340 g/mol. The lowest BCUT2D eigenvalue weighted by Gasteiger charge is -2.41. The number of halogens is 2. The number of fused-ring (bicyclic) bond motifs is 1. The number of carbonyl (C=O) groups is 1. The molecule has 3 nitrogen and oxygen atoms in total. The summed E-state index contributed by atoms with van der Waals surface area (Å²) in [5.41, 5.74) is 1.82. The van der Waals surface area contributed by atoms with Crippen LogP contribution in [0.4, 0.5) is 10.1 Å². The zero-order valence-electron chi connectivity index (χ0n) is 13.9. The molecule has 1 aliphatic heterocycles. The van der Waals surface area contributed by atoms with Gasteiger partial charge in [-0.05, 0) is 55.3 Å². The Balaban J connectivity index is 0.00000192. The third-order valence-electron chi connectivity index (χ3n) is 5.05. The summed E-state index contributed by atoms with van der Waals surface area (Å²) < 4.78 is 14.6. The van der Waals surface area contributed by atoms with E-state index in [1.54, 1.807) is 6.07 Å². The second-order valence-corrected chi connectivity index (χ2v) is 7.18. The zero-order chi connectivity index (χ0) is 15.7. The maximum absolute atomic E-state index is 14.6. The minimum Gasteiger partial charge on any atom is -0.323 e. The highest BCUT2D eigenvalue weighted by Gasteiger charge is 2.44. The summed E-state index contributed by atoms with van der Waals surface area (Å²) in [4.78, 5) is 12.7. The molecule has 1 aromatic carbocycles. The van der Waals surface area contributed by atoms with E-state index in [2.05, 4.69) is 24.5 Å². The van der Waals surface area contributed by atoms with E-state index < -0.39 is 0 Å². The van der Waals surface area contributed by atoms with Crippen molar-refractivity contribution in [1.82, 2.24) is 5.32 Å². The highest BCUT2D eigenvalue weighted by atomic mass is 35.5. The Morgan fingerprint density at radius 1 is 1.39 bits per heavy atom. The highest BCUT2D eigenvalue weighted by molar-refractivity contribution is 5.96. The standard InChI is InChI=1S/C18H25FN2O.ClH/c1-12(2)10-18(7-3-8-18)17(22)21-15-5-4-13-11-20-9-6-14(13)16(15)19;/h4-5,12,20H,3,6-11H2,1-2H3,(H,21,22);1H. The Kier molecular flexibility index (Phi) is 5.69. The fraction of sp³-hybridized carbons (Fsp3) is 0.611. The first-order chi connectivity index (χ1) is 10.5. The van der Waals surface area contributed by atoms with Gasteiger partial charge in [-0.15, -0.1) is 12.4 Å². The molecular weight excluding hydrogens is 315 g/mol. The summed E-state index contributed by atoms with van der Waals surface area (Å²) in [6.07, 6.45) is 4.51. The topological polar surface area (TPSA) is 41.1 Å². The van der Waals surface area contributed by atoms with Crippen LogP contribution in [-0.2, 0) is 17.8 Å². The number of benzene rings is 1. The summed E-state index contributed by atoms with van der Waals surface area (Å²) in [6.45, 7) is 5.77. The van der Waals surface area contributed by atoms with E-state index in [0.29, 0.717) is 24.6 Å². The molecule has 0 unspecified atom stereocenters. The Bertz CT molecular complexity index is 585. The highest BCUT2D eigenvalue weighted by Crippen LogP contribution is 2.46. The minimum absolute atomic E-state index is 0. The van der Waals surface area contributed by atoms with Gasteiger partial charge in [-0.25, -0.2) is 4.39 Å². The van der Waals surface area contributed by atoms with Gasteiger partial charge >= 0.3 is 0 Å². The van der Waals surface area contributed by atoms with Crippen molar-refractivity contribution in [3.63, 3.8) is 0 Å². The number of carbonyl (C=O) groups excluding carboxylic acids is 1. The first-order valence-corrected chi connectivity index (χ1v) is 8.34. The normalized spacial score (nSPS) is 18.6. The smallest absolute Gasteiger partial charge is 0.230 e. The van der Waals surface area contributed by atoms with Crippen molar-refractivity contribution in [1.29, 1.82) is 0 Å². The summed E-state index contributed by atoms with van der Waals surface area (Å²) in [7, 11) is 0. The van der Waals surface area contributed by atoms with Gasteiger partial charge in [-0.3, -0.25) is 4.79 Å². The van der Waals surface area contributed by atoms with Gasteiger partial charge in [-0.2, -0.15) is 0 Å². The Morgan fingerprint density at radius 3 is 2.74 bits per heavy atom. The van der Waals surface area contributed by atoms with Crippen molar-refractivity contribution in [3.05, 3.63) is 29.1 Å². The maximum Gasteiger partial charge on any atom is 0.230 e. The van der Waals surface area contributed by atoms with Crippen molar-refractivity contribution in [2.24, 2.45) is 11.3 Å². The molecule has 0 aromatic heterocycles. The lowest BCUT2D eigenvalue weighted by molar-refractivity contribution is -0.131.